The maximum atomic E-state index is 14.7. The van der Waals surface area contributed by atoms with Gasteiger partial charge in [0.2, 0.25) is 0 Å². The van der Waals surface area contributed by atoms with Crippen LogP contribution < -0.4 is 10.9 Å². The molecule has 0 fully saturated rings. The third kappa shape index (κ3) is 4.77. The van der Waals surface area contributed by atoms with Crippen molar-refractivity contribution in [2.24, 2.45) is 0 Å². The van der Waals surface area contributed by atoms with Crippen molar-refractivity contribution >= 4 is 39.2 Å². The zero-order chi connectivity index (χ0) is 26.0. The molecule has 0 saturated carbocycles. The molecular formula is C23H21F2N7O3S. The number of fused-ring (bicyclic) bond motifs is 2. The van der Waals surface area contributed by atoms with Gasteiger partial charge >= 0.3 is 5.97 Å². The second-order valence-electron chi connectivity index (χ2n) is 7.73. The van der Waals surface area contributed by atoms with Crippen LogP contribution in [0.15, 0.2) is 41.0 Å². The molecule has 13 heteroatoms. The fourth-order valence-electron chi connectivity index (χ4n) is 3.50. The Morgan fingerprint density at radius 2 is 2.03 bits per heavy atom. The van der Waals surface area contributed by atoms with Crippen molar-refractivity contribution in [3.63, 3.8) is 0 Å². The number of nitrogens with zero attached hydrogens (tertiary/aromatic N) is 5. The molecule has 0 aliphatic carbocycles. The van der Waals surface area contributed by atoms with Gasteiger partial charge in [0.1, 0.15) is 23.5 Å². The van der Waals surface area contributed by atoms with E-state index in [4.69, 9.17) is 5.11 Å². The number of rotatable bonds is 5. The minimum atomic E-state index is -0.745. The number of carbonyl (C=O) groups is 1. The van der Waals surface area contributed by atoms with Gasteiger partial charge in [0.15, 0.2) is 16.4 Å². The normalized spacial score (nSPS) is 11.8. The maximum absolute atomic E-state index is 14.7. The first kappa shape index (κ1) is 24.9. The van der Waals surface area contributed by atoms with Gasteiger partial charge in [0, 0.05) is 23.1 Å². The Bertz CT molecular complexity index is 1630. The lowest BCUT2D eigenvalue weighted by Gasteiger charge is -2.18. The van der Waals surface area contributed by atoms with Crippen molar-refractivity contribution in [3.8, 4) is 11.1 Å². The highest BCUT2D eigenvalue weighted by atomic mass is 32.1. The number of anilines is 1. The second kappa shape index (κ2) is 10.2. The van der Waals surface area contributed by atoms with Gasteiger partial charge in [-0.3, -0.25) is 14.0 Å². The van der Waals surface area contributed by atoms with E-state index in [0.29, 0.717) is 27.6 Å². The quantitative estimate of drug-likeness (QED) is 0.316. The maximum Gasteiger partial charge on any atom is 0.303 e. The van der Waals surface area contributed by atoms with Gasteiger partial charge in [-0.1, -0.05) is 6.92 Å². The Kier molecular flexibility index (Phi) is 7.01. The van der Waals surface area contributed by atoms with E-state index in [1.165, 1.54) is 28.4 Å². The first-order valence-corrected chi connectivity index (χ1v) is 11.7. The van der Waals surface area contributed by atoms with Crippen molar-refractivity contribution < 1.29 is 18.7 Å². The van der Waals surface area contributed by atoms with Crippen LogP contribution in [0.3, 0.4) is 0 Å². The number of hydrogen-bond donors (Lipinski definition) is 3. The number of aliphatic carboxylic acids is 1. The summed E-state index contributed by atoms with van der Waals surface area (Å²) in [6, 6.07) is 2.45. The highest BCUT2D eigenvalue weighted by molar-refractivity contribution is 7.15. The molecule has 10 nitrogen and oxygen atoms in total. The van der Waals surface area contributed by atoms with Crippen LogP contribution >= 0.6 is 11.3 Å². The molecule has 4 aromatic heterocycles. The summed E-state index contributed by atoms with van der Waals surface area (Å²) >= 11 is 1.30. The van der Waals surface area contributed by atoms with Crippen LogP contribution in [0.1, 0.15) is 37.7 Å². The van der Waals surface area contributed by atoms with Gasteiger partial charge in [-0.15, -0.1) is 11.3 Å². The predicted octanol–water partition coefficient (Wildman–Crippen LogP) is 4.33. The molecule has 1 unspecified atom stereocenters. The third-order valence-corrected chi connectivity index (χ3v) is 6.20. The molecule has 0 saturated heterocycles. The summed E-state index contributed by atoms with van der Waals surface area (Å²) in [5.41, 5.74) is 1.38. The first-order valence-electron chi connectivity index (χ1n) is 10.8. The van der Waals surface area contributed by atoms with Crippen molar-refractivity contribution in [2.75, 3.05) is 5.32 Å². The molecule has 4 heterocycles. The van der Waals surface area contributed by atoms with E-state index in [0.717, 1.165) is 18.2 Å². The number of hydrogen-bond acceptors (Lipinski definition) is 8. The van der Waals surface area contributed by atoms with Crippen molar-refractivity contribution in [3.05, 3.63) is 69.6 Å². The lowest BCUT2D eigenvalue weighted by atomic mass is 10.0. The molecule has 186 valence electrons. The molecule has 1 aromatic carbocycles. The van der Waals surface area contributed by atoms with Crippen molar-refractivity contribution in [1.29, 1.82) is 0 Å². The van der Waals surface area contributed by atoms with Crippen LogP contribution in [0.25, 0.3) is 27.3 Å². The number of carboxylic acid groups (broad SMARTS) is 1. The zero-order valence-corrected chi connectivity index (χ0v) is 20.2. The highest BCUT2D eigenvalue weighted by Gasteiger charge is 2.24. The molecule has 1 atom stereocenters. The number of H-pyrrole nitrogens is 1. The number of halogens is 2. The molecule has 0 aliphatic rings. The fourth-order valence-corrected chi connectivity index (χ4v) is 4.37. The molecule has 36 heavy (non-hydrogen) atoms. The molecular weight excluding hydrogens is 492 g/mol. The molecule has 5 rings (SSSR count). The van der Waals surface area contributed by atoms with Crippen molar-refractivity contribution in [1.82, 2.24) is 29.3 Å². The highest BCUT2D eigenvalue weighted by Crippen LogP contribution is 2.31. The number of benzene rings is 1. The monoisotopic (exact) mass is 513 g/mol. The summed E-state index contributed by atoms with van der Waals surface area (Å²) in [5.74, 6) is -1.65. The summed E-state index contributed by atoms with van der Waals surface area (Å²) in [4.78, 5) is 43.2. The Balaban J connectivity index is 0.000000556. The van der Waals surface area contributed by atoms with E-state index in [2.05, 4.69) is 30.2 Å². The van der Waals surface area contributed by atoms with E-state index in [9.17, 15) is 18.4 Å². The average molecular weight is 514 g/mol. The zero-order valence-electron chi connectivity index (χ0n) is 19.4. The molecule has 0 spiro atoms. The summed E-state index contributed by atoms with van der Waals surface area (Å²) in [6.45, 7) is 5.13. The van der Waals surface area contributed by atoms with E-state index >= 15 is 0 Å². The smallest absolute Gasteiger partial charge is 0.303 e. The van der Waals surface area contributed by atoms with Gasteiger partial charge in [0.05, 0.1) is 23.6 Å². The lowest BCUT2D eigenvalue weighted by Crippen LogP contribution is -2.23. The summed E-state index contributed by atoms with van der Waals surface area (Å²) in [6.07, 6.45) is 3.08. The fraction of sp³-hybridized carbons (Fsp3) is 0.217. The number of nitrogens with one attached hydrogen (secondary N) is 2. The molecule has 0 radical (unpaired) electrons. The number of aromatic nitrogens is 6. The molecule has 3 N–H and O–H groups in total. The summed E-state index contributed by atoms with van der Waals surface area (Å²) in [5, 5.41) is 12.7. The first-order chi connectivity index (χ1) is 17.2. The number of imidazole rings is 1. The standard InChI is InChI=1S/C20H15F2N7OS.C3H6O2/c1-9-6-31-20-28-15(10(2)27-18-16-17(24-7-23-16)25-8-26-18)14(19(30)29(9)20)12-5-11(21)3-4-13(12)22;1-2-3(4)5/h3-8,10H,1-2H3,(H2,23,24,25,26,27);2H2,1H3,(H,4,5). The Morgan fingerprint density at radius 3 is 2.75 bits per heavy atom. The third-order valence-electron chi connectivity index (χ3n) is 5.25. The number of thiazole rings is 1. The van der Waals surface area contributed by atoms with Crippen LogP contribution in [-0.4, -0.2) is 40.4 Å². The van der Waals surface area contributed by atoms with E-state index in [1.54, 1.807) is 26.2 Å². The molecule has 0 amide bonds. The molecule has 0 bridgehead atoms. The van der Waals surface area contributed by atoms with Gasteiger partial charge in [-0.05, 0) is 32.0 Å². The minimum Gasteiger partial charge on any atom is -0.481 e. The van der Waals surface area contributed by atoms with Gasteiger partial charge in [0.25, 0.3) is 5.56 Å². The van der Waals surface area contributed by atoms with Crippen LogP contribution in [-0.2, 0) is 4.79 Å². The SMILES string of the molecule is CCC(=O)O.Cc1csc2nc(C(C)Nc3ncnc4nc[nH]c34)c(-c3cc(F)ccc3F)c(=O)n12. The van der Waals surface area contributed by atoms with E-state index < -0.39 is 29.2 Å². The van der Waals surface area contributed by atoms with Crippen LogP contribution in [0.5, 0.6) is 0 Å². The van der Waals surface area contributed by atoms with Crippen molar-refractivity contribution in [2.45, 2.75) is 33.2 Å². The second-order valence-corrected chi connectivity index (χ2v) is 8.57. The molecule has 0 aliphatic heterocycles. The molecule has 5 aromatic rings. The van der Waals surface area contributed by atoms with E-state index in [-0.39, 0.29) is 23.2 Å². The van der Waals surface area contributed by atoms with Gasteiger partial charge in [-0.25, -0.2) is 28.7 Å². The van der Waals surface area contributed by atoms with Crippen LogP contribution in [0, 0.1) is 18.6 Å². The van der Waals surface area contributed by atoms with Gasteiger partial charge < -0.3 is 15.4 Å². The number of aryl methyl sites for hydroxylation is 1. The van der Waals surface area contributed by atoms with Crippen LogP contribution in [0.2, 0.25) is 0 Å². The number of aromatic amines is 1. The topological polar surface area (TPSA) is 138 Å². The summed E-state index contributed by atoms with van der Waals surface area (Å²) < 4.78 is 30.1. The Morgan fingerprint density at radius 1 is 1.28 bits per heavy atom. The van der Waals surface area contributed by atoms with Crippen LogP contribution in [0.4, 0.5) is 14.6 Å². The predicted molar refractivity (Wildman–Crippen MR) is 131 cm³/mol. The number of carboxylic acids is 1. The van der Waals surface area contributed by atoms with Gasteiger partial charge in [-0.2, -0.15) is 0 Å². The Hall–Kier alpha value is -4.26. The Labute approximate surface area is 206 Å². The largest absolute Gasteiger partial charge is 0.481 e. The lowest BCUT2D eigenvalue weighted by molar-refractivity contribution is -0.136. The summed E-state index contributed by atoms with van der Waals surface area (Å²) in [7, 11) is 0. The minimum absolute atomic E-state index is 0.00842. The van der Waals surface area contributed by atoms with E-state index in [1.807, 2.05) is 0 Å². The average Bonchev–Trinajstić information content (AvgIpc) is 3.48.